The fraction of sp³-hybridized carbons (Fsp3) is 0.879. The first-order valence-electron chi connectivity index (χ1n) is 16.9. The number of nitrogens with two attached hydrogens (primary N) is 1. The molecule has 3 aliphatic rings. The molecule has 14 atom stereocenters. The van der Waals surface area contributed by atoms with Crippen LogP contribution in [0, 0.1) is 23.7 Å². The Balaban J connectivity index is 2.17. The van der Waals surface area contributed by atoms with Crippen molar-refractivity contribution in [1.82, 2.24) is 9.91 Å². The fourth-order valence-corrected chi connectivity index (χ4v) is 7.62. The van der Waals surface area contributed by atoms with Crippen molar-refractivity contribution < 1.29 is 52.7 Å². The fourth-order valence-electron chi connectivity index (χ4n) is 7.62. The van der Waals surface area contributed by atoms with Crippen LogP contribution in [0.3, 0.4) is 0 Å². The zero-order valence-corrected chi connectivity index (χ0v) is 30.6. The second-order valence-corrected chi connectivity index (χ2v) is 14.1. The van der Waals surface area contributed by atoms with E-state index >= 15 is 0 Å². The lowest BCUT2D eigenvalue weighted by Gasteiger charge is -2.48. The molecule has 0 aromatic carbocycles. The molecule has 3 aliphatic heterocycles. The predicted octanol–water partition coefficient (Wildman–Crippen LogP) is 2.47. The van der Waals surface area contributed by atoms with E-state index in [1.807, 2.05) is 53.6 Å². The van der Waals surface area contributed by atoms with Gasteiger partial charge in [0.2, 0.25) is 0 Å². The van der Waals surface area contributed by atoms with Gasteiger partial charge >= 0.3 is 18.0 Å². The molecule has 0 aromatic heterocycles. The Bertz CT molecular complexity index is 1160. The number of fused-ring (bicyclic) bond motifs is 1. The molecule has 3 saturated heterocycles. The van der Waals surface area contributed by atoms with Gasteiger partial charge in [-0.2, -0.15) is 0 Å². The van der Waals surface area contributed by atoms with E-state index in [2.05, 4.69) is 5.16 Å². The lowest BCUT2D eigenvalue weighted by molar-refractivity contribution is -0.303. The highest BCUT2D eigenvalue weighted by Gasteiger charge is 2.54. The molecule has 15 nitrogen and oxygen atoms in total. The van der Waals surface area contributed by atoms with E-state index < -0.39 is 84.2 Å². The minimum absolute atomic E-state index is 0.223. The van der Waals surface area contributed by atoms with Gasteiger partial charge in [0.25, 0.3) is 0 Å². The molecule has 0 bridgehead atoms. The maximum atomic E-state index is 13.7. The Morgan fingerprint density at radius 1 is 1.12 bits per heavy atom. The first kappa shape index (κ1) is 39.9. The Hall–Kier alpha value is -2.56. The summed E-state index contributed by atoms with van der Waals surface area (Å²) >= 11 is 0. The van der Waals surface area contributed by atoms with E-state index in [0.29, 0.717) is 25.0 Å². The van der Waals surface area contributed by atoms with Crippen LogP contribution >= 0.6 is 0 Å². The summed E-state index contributed by atoms with van der Waals surface area (Å²) in [6, 6.07) is -0.974. The molecule has 1 unspecified atom stereocenters. The zero-order valence-electron chi connectivity index (χ0n) is 30.6. The molecule has 276 valence electrons. The summed E-state index contributed by atoms with van der Waals surface area (Å²) in [5, 5.41) is 17.2. The van der Waals surface area contributed by atoms with Crippen LogP contribution in [0.5, 0.6) is 0 Å². The summed E-state index contributed by atoms with van der Waals surface area (Å²) in [5.74, 6) is 2.49. The van der Waals surface area contributed by atoms with Gasteiger partial charge in [0.1, 0.15) is 19.3 Å². The van der Waals surface area contributed by atoms with Crippen molar-refractivity contribution in [3.63, 3.8) is 0 Å². The minimum atomic E-state index is -1.27. The van der Waals surface area contributed by atoms with Crippen LogP contribution in [0.1, 0.15) is 74.7 Å². The summed E-state index contributed by atoms with van der Waals surface area (Å²) in [6.07, 6.45) is -5.55. The molecule has 3 fully saturated rings. The van der Waals surface area contributed by atoms with E-state index in [-0.39, 0.29) is 18.1 Å². The Kier molecular flexibility index (Phi) is 13.6. The third-order valence-electron chi connectivity index (χ3n) is 10.3. The smallest absolute Gasteiger partial charge is 0.424 e. The minimum Gasteiger partial charge on any atom is -0.458 e. The summed E-state index contributed by atoms with van der Waals surface area (Å²) < 4.78 is 36.8. The molecule has 3 N–H and O–H groups in total. The standard InChI is InChI=1S/C33H58N4O11/c1-13-23-28-25(37(34)32(41)47-28)18(4)24(35-43-12)16(2)15-33(8,42-11)29(19(5)26(39)20(6)30(40)46-23)48-31-27(45-21(7)38)22(36(9)10)14-17(3)44-31/h16-20,22-23,25-29,31,39H,13-15,34H2,1-12H3/b35-24+/t16-,17-,18+,19+,20-,22+,23-,25-,26+,27-,28-,29-,31?,33+/m1/s1. The summed E-state index contributed by atoms with van der Waals surface area (Å²) in [5.41, 5.74) is -0.577. The molecular weight excluding hydrogens is 628 g/mol. The number of carbonyl (C=O) groups is 3. The highest BCUT2D eigenvalue weighted by Crippen LogP contribution is 2.40. The van der Waals surface area contributed by atoms with Gasteiger partial charge in [-0.05, 0) is 54.1 Å². The lowest BCUT2D eigenvalue weighted by Crippen LogP contribution is -2.60. The Morgan fingerprint density at radius 3 is 2.31 bits per heavy atom. The van der Waals surface area contributed by atoms with Crippen molar-refractivity contribution in [3.8, 4) is 0 Å². The summed E-state index contributed by atoms with van der Waals surface area (Å²) in [7, 11) is 6.77. The third kappa shape index (κ3) is 8.41. The van der Waals surface area contributed by atoms with Crippen molar-refractivity contribution in [2.45, 2.75) is 135 Å². The van der Waals surface area contributed by atoms with Crippen LogP contribution < -0.4 is 5.84 Å². The number of aliphatic hydroxyl groups is 1. The second kappa shape index (κ2) is 16.4. The maximum absolute atomic E-state index is 13.7. The van der Waals surface area contributed by atoms with Crippen molar-refractivity contribution in [1.29, 1.82) is 0 Å². The monoisotopic (exact) mass is 686 g/mol. The first-order chi connectivity index (χ1) is 22.4. The predicted molar refractivity (Wildman–Crippen MR) is 174 cm³/mol. The van der Waals surface area contributed by atoms with Gasteiger partial charge in [-0.15, -0.1) is 0 Å². The molecule has 0 saturated carbocycles. The van der Waals surface area contributed by atoms with Crippen molar-refractivity contribution in [2.24, 2.45) is 34.7 Å². The van der Waals surface area contributed by atoms with E-state index in [9.17, 15) is 19.5 Å². The number of hydrogen-bond donors (Lipinski definition) is 2. The SMILES string of the molecule is CC[C@H]1OC(=O)[C@H](C)[C@@H](O)[C@H](C)[C@@H](OC2O[C@H](C)C[C@H](N(C)C)[C@H]2OC(C)=O)[C@@](C)(OC)C[C@@H](C)/C(=N\OC)[C@H](C)[C@@H]2[C@@H]1OC(=O)N2N. The number of amides is 1. The Morgan fingerprint density at radius 2 is 1.77 bits per heavy atom. The van der Waals surface area contributed by atoms with E-state index in [1.54, 1.807) is 21.0 Å². The Labute approximate surface area is 284 Å². The quantitative estimate of drug-likeness (QED) is 0.131. The van der Waals surface area contributed by atoms with Crippen LogP contribution in [0.2, 0.25) is 0 Å². The first-order valence-corrected chi connectivity index (χ1v) is 16.9. The number of nitrogens with zero attached hydrogens (tertiary/aromatic N) is 3. The van der Waals surface area contributed by atoms with Gasteiger partial charge < -0.3 is 43.3 Å². The highest BCUT2D eigenvalue weighted by atomic mass is 16.7. The number of esters is 2. The topological polar surface area (TPSA) is 181 Å². The molecule has 0 aromatic rings. The number of ether oxygens (including phenoxy) is 6. The van der Waals surface area contributed by atoms with E-state index in [4.69, 9.17) is 39.1 Å². The molecule has 0 aliphatic carbocycles. The third-order valence-corrected chi connectivity index (χ3v) is 10.3. The van der Waals surface area contributed by atoms with Crippen LogP contribution in [-0.2, 0) is 42.8 Å². The number of cyclic esters (lactones) is 1. The maximum Gasteiger partial charge on any atom is 0.424 e. The van der Waals surface area contributed by atoms with E-state index in [0.717, 1.165) is 5.01 Å². The van der Waals surface area contributed by atoms with Gasteiger partial charge in [0.05, 0.1) is 41.6 Å². The average Bonchev–Trinajstić information content (AvgIpc) is 3.32. The molecule has 3 heterocycles. The molecular formula is C33H58N4O11. The van der Waals surface area contributed by atoms with Gasteiger partial charge in [0, 0.05) is 31.8 Å². The molecule has 0 spiro atoms. The number of likely N-dealkylation sites (N-methyl/N-ethyl adjacent to an activating group) is 1. The van der Waals surface area contributed by atoms with E-state index in [1.165, 1.54) is 14.0 Å². The van der Waals surface area contributed by atoms with Gasteiger partial charge in [-0.1, -0.05) is 32.9 Å². The number of oxime groups is 1. The zero-order chi connectivity index (χ0) is 36.2. The van der Waals surface area contributed by atoms with Crippen LogP contribution in [0.25, 0.3) is 0 Å². The molecule has 0 radical (unpaired) electrons. The van der Waals surface area contributed by atoms with Crippen molar-refractivity contribution in [2.75, 3.05) is 28.3 Å². The molecule has 15 heteroatoms. The second-order valence-electron chi connectivity index (χ2n) is 14.1. The summed E-state index contributed by atoms with van der Waals surface area (Å²) in [6.45, 7) is 14.1. The van der Waals surface area contributed by atoms with Crippen LogP contribution in [0.4, 0.5) is 4.79 Å². The molecule has 3 rings (SSSR count). The molecule has 1 amide bonds. The number of hydrogen-bond acceptors (Lipinski definition) is 14. The normalized spacial score (nSPS) is 42.5. The van der Waals surface area contributed by atoms with Gasteiger partial charge in [-0.3, -0.25) is 9.59 Å². The highest BCUT2D eigenvalue weighted by molar-refractivity contribution is 5.89. The van der Waals surface area contributed by atoms with Gasteiger partial charge in [0.15, 0.2) is 18.5 Å². The average molecular weight is 687 g/mol. The van der Waals surface area contributed by atoms with Crippen molar-refractivity contribution in [3.05, 3.63) is 0 Å². The molecule has 48 heavy (non-hydrogen) atoms. The van der Waals surface area contributed by atoms with Crippen molar-refractivity contribution >= 4 is 23.7 Å². The number of aliphatic hydroxyl groups excluding tert-OH is 1. The van der Waals surface area contributed by atoms with Crippen LogP contribution in [0.15, 0.2) is 5.16 Å². The largest absolute Gasteiger partial charge is 0.458 e. The summed E-state index contributed by atoms with van der Waals surface area (Å²) in [4.78, 5) is 46.0. The number of rotatable bonds is 7. The van der Waals surface area contributed by atoms with Crippen LogP contribution in [-0.4, -0.2) is 128 Å². The lowest BCUT2D eigenvalue weighted by atomic mass is 9.74. The van der Waals surface area contributed by atoms with Gasteiger partial charge in [-0.25, -0.2) is 15.6 Å². The number of hydrazine groups is 1. The number of carbonyl (C=O) groups excluding carboxylic acids is 3. The number of methoxy groups -OCH3 is 1.